The van der Waals surface area contributed by atoms with Crippen molar-refractivity contribution in [2.24, 2.45) is 0 Å². The summed E-state index contributed by atoms with van der Waals surface area (Å²) in [7, 11) is 0. The number of nitrogens with one attached hydrogen (secondary N) is 1. The molecule has 0 saturated heterocycles. The fourth-order valence-electron chi connectivity index (χ4n) is 1.88. The van der Waals surface area contributed by atoms with Gasteiger partial charge >= 0.3 is 0 Å². The highest BCUT2D eigenvalue weighted by Crippen LogP contribution is 2.28. The van der Waals surface area contributed by atoms with Crippen LogP contribution < -0.4 is 5.32 Å². The standard InChI is InChI=1S/C13H17N5O/c1-2-15-12-7-6-11(16-17-12)13(19)18(9-3-8-14)10-4-5-10/h6-7,10H,2-5,9H2,1H3,(H,15,17). The van der Waals surface area contributed by atoms with Gasteiger partial charge in [-0.2, -0.15) is 5.26 Å². The fraction of sp³-hybridized carbons (Fsp3) is 0.538. The van der Waals surface area contributed by atoms with Crippen molar-refractivity contribution in [3.05, 3.63) is 17.8 Å². The number of aromatic nitrogens is 2. The molecule has 1 N–H and O–H groups in total. The molecule has 0 bridgehead atoms. The predicted octanol–water partition coefficient (Wildman–Crippen LogP) is 1.43. The van der Waals surface area contributed by atoms with E-state index < -0.39 is 0 Å². The Morgan fingerprint density at radius 3 is 2.84 bits per heavy atom. The molecule has 1 heterocycles. The van der Waals surface area contributed by atoms with Crippen LogP contribution in [0.15, 0.2) is 12.1 Å². The van der Waals surface area contributed by atoms with Crippen LogP contribution in [0.3, 0.4) is 0 Å². The summed E-state index contributed by atoms with van der Waals surface area (Å²) in [5, 5.41) is 19.6. The molecule has 1 aliphatic rings. The highest BCUT2D eigenvalue weighted by atomic mass is 16.2. The van der Waals surface area contributed by atoms with Crippen LogP contribution in [0.1, 0.15) is 36.7 Å². The number of nitriles is 1. The van der Waals surface area contributed by atoms with Crippen molar-refractivity contribution in [1.82, 2.24) is 15.1 Å². The molecule has 1 aromatic rings. The van der Waals surface area contributed by atoms with Crippen LogP contribution >= 0.6 is 0 Å². The Labute approximate surface area is 112 Å². The van der Waals surface area contributed by atoms with Gasteiger partial charge in [0.05, 0.1) is 12.5 Å². The minimum Gasteiger partial charge on any atom is -0.369 e. The molecule has 0 unspecified atom stereocenters. The first-order valence-corrected chi connectivity index (χ1v) is 6.51. The number of nitrogens with zero attached hydrogens (tertiary/aromatic N) is 4. The van der Waals surface area contributed by atoms with E-state index in [1.165, 1.54) is 0 Å². The van der Waals surface area contributed by atoms with E-state index in [0.29, 0.717) is 24.5 Å². The van der Waals surface area contributed by atoms with Crippen molar-refractivity contribution < 1.29 is 4.79 Å². The van der Waals surface area contributed by atoms with E-state index in [-0.39, 0.29) is 11.9 Å². The molecule has 0 atom stereocenters. The maximum atomic E-state index is 12.3. The summed E-state index contributed by atoms with van der Waals surface area (Å²) in [5.74, 6) is 0.530. The number of anilines is 1. The minimum atomic E-state index is -0.131. The largest absolute Gasteiger partial charge is 0.369 e. The fourth-order valence-corrected chi connectivity index (χ4v) is 1.88. The maximum absolute atomic E-state index is 12.3. The minimum absolute atomic E-state index is 0.131. The van der Waals surface area contributed by atoms with Crippen LogP contribution in [-0.4, -0.2) is 40.1 Å². The Balaban J connectivity index is 2.06. The van der Waals surface area contributed by atoms with E-state index in [1.54, 1.807) is 17.0 Å². The third-order valence-electron chi connectivity index (χ3n) is 2.95. The molecule has 0 aromatic carbocycles. The number of hydrogen-bond donors (Lipinski definition) is 1. The third kappa shape index (κ3) is 3.41. The van der Waals surface area contributed by atoms with E-state index >= 15 is 0 Å². The smallest absolute Gasteiger partial charge is 0.274 e. The first-order valence-electron chi connectivity index (χ1n) is 6.51. The summed E-state index contributed by atoms with van der Waals surface area (Å²) >= 11 is 0. The van der Waals surface area contributed by atoms with Crippen LogP contribution in [0.25, 0.3) is 0 Å². The number of carbonyl (C=O) groups is 1. The number of rotatable bonds is 6. The lowest BCUT2D eigenvalue weighted by molar-refractivity contribution is 0.0739. The van der Waals surface area contributed by atoms with Gasteiger partial charge < -0.3 is 10.2 Å². The van der Waals surface area contributed by atoms with Crippen LogP contribution in [0.5, 0.6) is 0 Å². The molecular weight excluding hydrogens is 242 g/mol. The second kappa shape index (κ2) is 6.14. The molecule has 1 saturated carbocycles. The van der Waals surface area contributed by atoms with Gasteiger partial charge in [-0.15, -0.1) is 10.2 Å². The molecule has 0 aliphatic heterocycles. The predicted molar refractivity (Wildman–Crippen MR) is 70.5 cm³/mol. The van der Waals surface area contributed by atoms with Gasteiger partial charge in [-0.3, -0.25) is 4.79 Å². The molecule has 6 heteroatoms. The third-order valence-corrected chi connectivity index (χ3v) is 2.95. The van der Waals surface area contributed by atoms with Crippen molar-refractivity contribution in [2.45, 2.75) is 32.2 Å². The van der Waals surface area contributed by atoms with Gasteiger partial charge in [0.2, 0.25) is 0 Å². The van der Waals surface area contributed by atoms with E-state index in [2.05, 4.69) is 21.6 Å². The Morgan fingerprint density at radius 1 is 1.53 bits per heavy atom. The monoisotopic (exact) mass is 259 g/mol. The van der Waals surface area contributed by atoms with Crippen LogP contribution in [0, 0.1) is 11.3 Å². The van der Waals surface area contributed by atoms with Gasteiger partial charge in [0, 0.05) is 19.1 Å². The molecule has 100 valence electrons. The summed E-state index contributed by atoms with van der Waals surface area (Å²) < 4.78 is 0. The average Bonchev–Trinajstić information content (AvgIpc) is 3.25. The molecule has 0 radical (unpaired) electrons. The molecule has 1 amide bonds. The summed E-state index contributed by atoms with van der Waals surface area (Å²) in [6.07, 6.45) is 2.38. The topological polar surface area (TPSA) is 81.9 Å². The first-order chi connectivity index (χ1) is 9.26. The Bertz CT molecular complexity index is 475. The zero-order valence-corrected chi connectivity index (χ0v) is 11.0. The number of amides is 1. The molecule has 6 nitrogen and oxygen atoms in total. The van der Waals surface area contributed by atoms with E-state index in [4.69, 9.17) is 5.26 Å². The van der Waals surface area contributed by atoms with Crippen molar-refractivity contribution in [3.63, 3.8) is 0 Å². The zero-order valence-electron chi connectivity index (χ0n) is 11.0. The lowest BCUT2D eigenvalue weighted by Gasteiger charge is -2.20. The molecular formula is C13H17N5O. The molecule has 1 fully saturated rings. The second-order valence-corrected chi connectivity index (χ2v) is 4.47. The average molecular weight is 259 g/mol. The molecule has 0 spiro atoms. The van der Waals surface area contributed by atoms with Crippen LogP contribution in [-0.2, 0) is 0 Å². The highest BCUT2D eigenvalue weighted by Gasteiger charge is 2.33. The van der Waals surface area contributed by atoms with Crippen molar-refractivity contribution in [1.29, 1.82) is 5.26 Å². The van der Waals surface area contributed by atoms with Crippen molar-refractivity contribution in [2.75, 3.05) is 18.4 Å². The lowest BCUT2D eigenvalue weighted by atomic mass is 10.3. The second-order valence-electron chi connectivity index (χ2n) is 4.47. The quantitative estimate of drug-likeness (QED) is 0.835. The summed E-state index contributed by atoms with van der Waals surface area (Å²) in [4.78, 5) is 14.0. The molecule has 2 rings (SSSR count). The van der Waals surface area contributed by atoms with Gasteiger partial charge in [0.15, 0.2) is 5.69 Å². The summed E-state index contributed by atoms with van der Waals surface area (Å²) in [5.41, 5.74) is 0.339. The Kier molecular flexibility index (Phi) is 4.29. The first kappa shape index (κ1) is 13.3. The zero-order chi connectivity index (χ0) is 13.7. The van der Waals surface area contributed by atoms with Crippen LogP contribution in [0.4, 0.5) is 5.82 Å². The summed E-state index contributed by atoms with van der Waals surface area (Å²) in [6, 6.07) is 5.77. The van der Waals surface area contributed by atoms with Gasteiger partial charge in [0.25, 0.3) is 5.91 Å². The van der Waals surface area contributed by atoms with Crippen molar-refractivity contribution >= 4 is 11.7 Å². The highest BCUT2D eigenvalue weighted by molar-refractivity contribution is 5.92. The van der Waals surface area contributed by atoms with Crippen LogP contribution in [0.2, 0.25) is 0 Å². The van der Waals surface area contributed by atoms with Gasteiger partial charge in [-0.25, -0.2) is 0 Å². The normalized spacial score (nSPS) is 13.7. The summed E-state index contributed by atoms with van der Waals surface area (Å²) in [6.45, 7) is 3.20. The Morgan fingerprint density at radius 2 is 2.32 bits per heavy atom. The molecule has 19 heavy (non-hydrogen) atoms. The van der Waals surface area contributed by atoms with Crippen molar-refractivity contribution in [3.8, 4) is 6.07 Å². The van der Waals surface area contributed by atoms with E-state index in [0.717, 1.165) is 19.4 Å². The Hall–Kier alpha value is -2.16. The van der Waals surface area contributed by atoms with Gasteiger partial charge in [-0.1, -0.05) is 0 Å². The van der Waals surface area contributed by atoms with Gasteiger partial charge in [0.1, 0.15) is 5.82 Å². The van der Waals surface area contributed by atoms with E-state index in [9.17, 15) is 4.79 Å². The maximum Gasteiger partial charge on any atom is 0.274 e. The SMILES string of the molecule is CCNc1ccc(C(=O)N(CCC#N)C2CC2)nn1. The molecule has 1 aromatic heterocycles. The number of carbonyl (C=O) groups excluding carboxylic acids is 1. The number of hydrogen-bond acceptors (Lipinski definition) is 5. The van der Waals surface area contributed by atoms with E-state index in [1.807, 2.05) is 6.92 Å². The lowest BCUT2D eigenvalue weighted by Crippen LogP contribution is -2.34. The van der Waals surface area contributed by atoms with Gasteiger partial charge in [-0.05, 0) is 31.9 Å². The molecule has 1 aliphatic carbocycles.